The van der Waals surface area contributed by atoms with Crippen molar-refractivity contribution in [2.75, 3.05) is 11.9 Å². The third-order valence-electron chi connectivity index (χ3n) is 2.99. The van der Waals surface area contributed by atoms with Crippen molar-refractivity contribution < 1.29 is 9.53 Å². The quantitative estimate of drug-likeness (QED) is 0.842. The summed E-state index contributed by atoms with van der Waals surface area (Å²) in [7, 11) is 0. The number of benzene rings is 2. The maximum atomic E-state index is 10.6. The molecule has 0 aliphatic carbocycles. The zero-order valence-electron chi connectivity index (χ0n) is 11.7. The molecule has 2 aromatic carbocycles. The summed E-state index contributed by atoms with van der Waals surface area (Å²) >= 11 is 3.47. The van der Waals surface area contributed by atoms with Gasteiger partial charge in [0.25, 0.3) is 5.91 Å². The van der Waals surface area contributed by atoms with Crippen molar-refractivity contribution in [3.63, 3.8) is 0 Å². The number of amides is 1. The van der Waals surface area contributed by atoms with Crippen LogP contribution in [0.1, 0.15) is 11.1 Å². The minimum Gasteiger partial charge on any atom is -0.484 e. The van der Waals surface area contributed by atoms with Crippen molar-refractivity contribution in [3.05, 3.63) is 58.1 Å². The second kappa shape index (κ2) is 7.13. The molecule has 2 aromatic rings. The summed E-state index contributed by atoms with van der Waals surface area (Å²) in [6, 6.07) is 13.7. The lowest BCUT2D eigenvalue weighted by Gasteiger charge is -2.11. The van der Waals surface area contributed by atoms with Crippen LogP contribution in [-0.4, -0.2) is 12.5 Å². The highest BCUT2D eigenvalue weighted by Crippen LogP contribution is 2.21. The number of carbonyl (C=O) groups is 1. The molecule has 0 aliphatic rings. The Balaban J connectivity index is 1.94. The highest BCUT2D eigenvalue weighted by atomic mass is 79.9. The molecule has 0 bridgehead atoms. The first-order chi connectivity index (χ1) is 10.0. The Bertz CT molecular complexity index is 627. The summed E-state index contributed by atoms with van der Waals surface area (Å²) in [5.41, 5.74) is 8.45. The van der Waals surface area contributed by atoms with Crippen LogP contribution in [0, 0.1) is 6.92 Å². The molecule has 0 saturated carbocycles. The number of halogens is 1. The molecule has 0 fully saturated rings. The lowest BCUT2D eigenvalue weighted by molar-refractivity contribution is -0.119. The topological polar surface area (TPSA) is 64.3 Å². The Morgan fingerprint density at radius 1 is 1.24 bits per heavy atom. The average Bonchev–Trinajstić information content (AvgIpc) is 2.47. The van der Waals surface area contributed by atoms with Crippen molar-refractivity contribution in [2.45, 2.75) is 13.5 Å². The van der Waals surface area contributed by atoms with Gasteiger partial charge in [-0.25, -0.2) is 0 Å². The summed E-state index contributed by atoms with van der Waals surface area (Å²) in [5.74, 6) is 0.155. The van der Waals surface area contributed by atoms with E-state index in [4.69, 9.17) is 10.5 Å². The first-order valence-electron chi connectivity index (χ1n) is 6.54. The van der Waals surface area contributed by atoms with E-state index in [1.165, 1.54) is 5.56 Å². The van der Waals surface area contributed by atoms with Crippen LogP contribution in [0.25, 0.3) is 0 Å². The van der Waals surface area contributed by atoms with Crippen molar-refractivity contribution in [2.24, 2.45) is 5.73 Å². The Kier molecular flexibility index (Phi) is 5.22. The first-order valence-corrected chi connectivity index (χ1v) is 7.34. The van der Waals surface area contributed by atoms with Gasteiger partial charge in [-0.15, -0.1) is 0 Å². The standard InChI is InChI=1S/C16H17BrN2O2/c1-11-2-5-13(17)8-15(11)19-9-12-3-6-14(7-4-12)21-10-16(18)20/h2-8,19H,9-10H2,1H3,(H2,18,20). The lowest BCUT2D eigenvalue weighted by Crippen LogP contribution is -2.19. The van der Waals surface area contributed by atoms with E-state index in [2.05, 4.69) is 40.3 Å². The molecule has 2 rings (SSSR count). The van der Waals surface area contributed by atoms with Crippen LogP contribution in [0.3, 0.4) is 0 Å². The van der Waals surface area contributed by atoms with Gasteiger partial charge in [-0.3, -0.25) is 4.79 Å². The number of primary amides is 1. The number of rotatable bonds is 6. The summed E-state index contributed by atoms with van der Waals surface area (Å²) in [4.78, 5) is 10.6. The molecule has 0 atom stereocenters. The summed E-state index contributed by atoms with van der Waals surface area (Å²) in [5, 5.41) is 3.39. The van der Waals surface area contributed by atoms with Crippen molar-refractivity contribution in [1.29, 1.82) is 0 Å². The number of anilines is 1. The molecule has 0 radical (unpaired) electrons. The minimum atomic E-state index is -0.481. The van der Waals surface area contributed by atoms with E-state index in [1.807, 2.05) is 30.3 Å². The molecule has 0 unspecified atom stereocenters. The maximum Gasteiger partial charge on any atom is 0.255 e. The van der Waals surface area contributed by atoms with E-state index in [1.54, 1.807) is 0 Å². The van der Waals surface area contributed by atoms with E-state index >= 15 is 0 Å². The fourth-order valence-corrected chi connectivity index (χ4v) is 2.20. The normalized spacial score (nSPS) is 10.2. The van der Waals surface area contributed by atoms with Gasteiger partial charge in [0.05, 0.1) is 0 Å². The third kappa shape index (κ3) is 4.79. The van der Waals surface area contributed by atoms with Gasteiger partial charge in [0.15, 0.2) is 6.61 Å². The van der Waals surface area contributed by atoms with Crippen molar-refractivity contribution in [3.8, 4) is 5.75 Å². The van der Waals surface area contributed by atoms with Crippen LogP contribution in [0.15, 0.2) is 46.9 Å². The predicted octanol–water partition coefficient (Wildman–Crippen LogP) is 3.23. The number of aryl methyl sites for hydroxylation is 1. The molecule has 0 spiro atoms. The molecule has 0 aliphatic heterocycles. The third-order valence-corrected chi connectivity index (χ3v) is 3.48. The molecule has 4 nitrogen and oxygen atoms in total. The van der Waals surface area contributed by atoms with E-state index < -0.39 is 5.91 Å². The SMILES string of the molecule is Cc1ccc(Br)cc1NCc1ccc(OCC(N)=O)cc1. The summed E-state index contributed by atoms with van der Waals surface area (Å²) < 4.78 is 6.27. The first kappa shape index (κ1) is 15.4. The van der Waals surface area contributed by atoms with E-state index in [9.17, 15) is 4.79 Å². The molecule has 1 amide bonds. The number of nitrogens with two attached hydrogens (primary N) is 1. The highest BCUT2D eigenvalue weighted by molar-refractivity contribution is 9.10. The molecule has 0 saturated heterocycles. The van der Waals surface area contributed by atoms with Crippen molar-refractivity contribution >= 4 is 27.5 Å². The number of carbonyl (C=O) groups excluding carboxylic acids is 1. The Morgan fingerprint density at radius 2 is 1.95 bits per heavy atom. The van der Waals surface area contributed by atoms with Crippen LogP contribution in [0.4, 0.5) is 5.69 Å². The second-order valence-electron chi connectivity index (χ2n) is 4.71. The number of ether oxygens (including phenoxy) is 1. The van der Waals surface area contributed by atoms with Crippen LogP contribution < -0.4 is 15.8 Å². The number of nitrogens with one attached hydrogen (secondary N) is 1. The lowest BCUT2D eigenvalue weighted by atomic mass is 10.1. The van der Waals surface area contributed by atoms with Crippen LogP contribution in [-0.2, 0) is 11.3 Å². The zero-order valence-corrected chi connectivity index (χ0v) is 13.3. The molecule has 0 heterocycles. The Hall–Kier alpha value is -2.01. The number of hydrogen-bond donors (Lipinski definition) is 2. The molecule has 5 heteroatoms. The van der Waals surface area contributed by atoms with Crippen LogP contribution >= 0.6 is 15.9 Å². The fourth-order valence-electron chi connectivity index (χ4n) is 1.84. The van der Waals surface area contributed by atoms with Crippen molar-refractivity contribution in [1.82, 2.24) is 0 Å². The molecule has 21 heavy (non-hydrogen) atoms. The van der Waals surface area contributed by atoms with Gasteiger partial charge < -0.3 is 15.8 Å². The van der Waals surface area contributed by atoms with Gasteiger partial charge in [0.2, 0.25) is 0 Å². The number of hydrogen-bond acceptors (Lipinski definition) is 3. The predicted molar refractivity (Wildman–Crippen MR) is 87.3 cm³/mol. The van der Waals surface area contributed by atoms with E-state index in [-0.39, 0.29) is 6.61 Å². The second-order valence-corrected chi connectivity index (χ2v) is 5.63. The smallest absolute Gasteiger partial charge is 0.255 e. The van der Waals surface area contributed by atoms with Gasteiger partial charge >= 0.3 is 0 Å². The van der Waals surface area contributed by atoms with Gasteiger partial charge in [0, 0.05) is 16.7 Å². The molecule has 0 aromatic heterocycles. The van der Waals surface area contributed by atoms with Gasteiger partial charge in [-0.2, -0.15) is 0 Å². The van der Waals surface area contributed by atoms with Gasteiger partial charge in [-0.05, 0) is 42.3 Å². The average molecular weight is 349 g/mol. The maximum absolute atomic E-state index is 10.6. The molecular formula is C16H17BrN2O2. The molecule has 3 N–H and O–H groups in total. The van der Waals surface area contributed by atoms with E-state index in [0.29, 0.717) is 12.3 Å². The van der Waals surface area contributed by atoms with Gasteiger partial charge in [0.1, 0.15) is 5.75 Å². The Morgan fingerprint density at radius 3 is 2.62 bits per heavy atom. The fraction of sp³-hybridized carbons (Fsp3) is 0.188. The Labute approximate surface area is 132 Å². The van der Waals surface area contributed by atoms with Crippen LogP contribution in [0.2, 0.25) is 0 Å². The molecular weight excluding hydrogens is 332 g/mol. The van der Waals surface area contributed by atoms with E-state index in [0.717, 1.165) is 15.7 Å². The summed E-state index contributed by atoms with van der Waals surface area (Å²) in [6.45, 7) is 2.68. The minimum absolute atomic E-state index is 0.102. The van der Waals surface area contributed by atoms with Crippen LogP contribution in [0.5, 0.6) is 5.75 Å². The van der Waals surface area contributed by atoms with Gasteiger partial charge in [-0.1, -0.05) is 34.1 Å². The molecule has 110 valence electrons. The highest BCUT2D eigenvalue weighted by Gasteiger charge is 2.01. The summed E-state index contributed by atoms with van der Waals surface area (Å²) in [6.07, 6.45) is 0. The zero-order chi connectivity index (χ0) is 15.2. The largest absolute Gasteiger partial charge is 0.484 e. The monoisotopic (exact) mass is 348 g/mol.